The molecule has 0 spiro atoms. The summed E-state index contributed by atoms with van der Waals surface area (Å²) >= 11 is 5.99. The summed E-state index contributed by atoms with van der Waals surface area (Å²) in [6.45, 7) is 3.34. The van der Waals surface area contributed by atoms with Crippen molar-refractivity contribution >= 4 is 23.4 Å². The van der Waals surface area contributed by atoms with Crippen molar-refractivity contribution in [2.45, 2.75) is 63.6 Å². The average molecular weight is 378 g/mol. The molecule has 2 fully saturated rings. The molecule has 1 aliphatic carbocycles. The van der Waals surface area contributed by atoms with Gasteiger partial charge in [0.2, 0.25) is 11.8 Å². The van der Waals surface area contributed by atoms with Crippen LogP contribution >= 0.6 is 11.6 Å². The SMILES string of the molecule is CCNC(=O)[C@@H]1C[C@H](NC(=O)Cc2cccc(Cl)c2)CN1C1CCCC1. The minimum atomic E-state index is -0.130. The summed E-state index contributed by atoms with van der Waals surface area (Å²) in [5, 5.41) is 6.72. The van der Waals surface area contributed by atoms with E-state index in [4.69, 9.17) is 11.6 Å². The maximum atomic E-state index is 12.5. The highest BCUT2D eigenvalue weighted by Gasteiger charge is 2.41. The number of likely N-dealkylation sites (tertiary alicyclic amines) is 1. The fourth-order valence-electron chi connectivity index (χ4n) is 4.27. The molecule has 0 bridgehead atoms. The summed E-state index contributed by atoms with van der Waals surface area (Å²) in [7, 11) is 0. The predicted molar refractivity (Wildman–Crippen MR) is 103 cm³/mol. The van der Waals surface area contributed by atoms with E-state index >= 15 is 0 Å². The molecule has 0 aromatic heterocycles. The van der Waals surface area contributed by atoms with E-state index in [1.165, 1.54) is 12.8 Å². The zero-order valence-corrected chi connectivity index (χ0v) is 16.1. The van der Waals surface area contributed by atoms with E-state index in [-0.39, 0.29) is 23.9 Å². The molecule has 2 N–H and O–H groups in total. The first kappa shape index (κ1) is 19.2. The van der Waals surface area contributed by atoms with Gasteiger partial charge in [-0.1, -0.05) is 36.6 Å². The lowest BCUT2D eigenvalue weighted by molar-refractivity contribution is -0.126. The highest BCUT2D eigenvalue weighted by Crippen LogP contribution is 2.30. The van der Waals surface area contributed by atoms with Gasteiger partial charge in [-0.2, -0.15) is 0 Å². The summed E-state index contributed by atoms with van der Waals surface area (Å²) in [6.07, 6.45) is 5.76. The Hall–Kier alpha value is -1.59. The summed E-state index contributed by atoms with van der Waals surface area (Å²) < 4.78 is 0. The largest absolute Gasteiger partial charge is 0.355 e. The van der Waals surface area contributed by atoms with E-state index in [0.717, 1.165) is 24.9 Å². The lowest BCUT2D eigenvalue weighted by atomic mass is 10.1. The van der Waals surface area contributed by atoms with E-state index in [2.05, 4.69) is 15.5 Å². The molecule has 0 radical (unpaired) electrons. The van der Waals surface area contributed by atoms with Crippen molar-refractivity contribution in [2.24, 2.45) is 0 Å². The standard InChI is InChI=1S/C20H28ClN3O2/c1-2-22-20(26)18-12-16(13-24(18)17-8-3-4-9-17)23-19(25)11-14-6-5-7-15(21)10-14/h5-7,10,16-18H,2-4,8-9,11-13H2,1H3,(H,22,26)(H,23,25)/t16-,18-/m0/s1. The molecule has 26 heavy (non-hydrogen) atoms. The number of nitrogens with zero attached hydrogens (tertiary/aromatic N) is 1. The molecule has 1 aliphatic heterocycles. The normalized spacial score (nSPS) is 23.9. The third kappa shape index (κ3) is 4.77. The summed E-state index contributed by atoms with van der Waals surface area (Å²) in [6, 6.07) is 7.74. The first-order valence-corrected chi connectivity index (χ1v) is 10.0. The van der Waals surface area contributed by atoms with Gasteiger partial charge in [-0.05, 0) is 43.9 Å². The second kappa shape index (κ2) is 8.87. The zero-order valence-electron chi connectivity index (χ0n) is 15.3. The molecule has 2 aliphatic rings. The van der Waals surface area contributed by atoms with E-state index in [1.807, 2.05) is 25.1 Å². The van der Waals surface area contributed by atoms with Crippen LogP contribution in [0.5, 0.6) is 0 Å². The van der Waals surface area contributed by atoms with Gasteiger partial charge in [0.1, 0.15) is 0 Å². The third-order valence-corrected chi connectivity index (χ3v) is 5.64. The van der Waals surface area contributed by atoms with Gasteiger partial charge in [0.15, 0.2) is 0 Å². The Kier molecular flexibility index (Phi) is 6.54. The molecule has 1 aromatic rings. The smallest absolute Gasteiger partial charge is 0.237 e. The molecular formula is C20H28ClN3O2. The molecule has 1 saturated heterocycles. The van der Waals surface area contributed by atoms with Crippen LogP contribution in [0.4, 0.5) is 0 Å². The van der Waals surface area contributed by atoms with Crippen molar-refractivity contribution < 1.29 is 9.59 Å². The van der Waals surface area contributed by atoms with Crippen molar-refractivity contribution in [3.05, 3.63) is 34.9 Å². The second-order valence-electron chi connectivity index (χ2n) is 7.35. The number of benzene rings is 1. The van der Waals surface area contributed by atoms with Crippen molar-refractivity contribution in [1.29, 1.82) is 0 Å². The van der Waals surface area contributed by atoms with Crippen LogP contribution in [0.3, 0.4) is 0 Å². The van der Waals surface area contributed by atoms with Crippen LogP contribution in [0.15, 0.2) is 24.3 Å². The van der Waals surface area contributed by atoms with Crippen LogP contribution < -0.4 is 10.6 Å². The Morgan fingerprint density at radius 1 is 1.27 bits per heavy atom. The van der Waals surface area contributed by atoms with Crippen molar-refractivity contribution in [3.8, 4) is 0 Å². The molecule has 142 valence electrons. The van der Waals surface area contributed by atoms with Gasteiger partial charge in [0, 0.05) is 30.2 Å². The van der Waals surface area contributed by atoms with Crippen LogP contribution in [0, 0.1) is 0 Å². The minimum absolute atomic E-state index is 0.0137. The van der Waals surface area contributed by atoms with Gasteiger partial charge >= 0.3 is 0 Å². The number of halogens is 1. The fraction of sp³-hybridized carbons (Fsp3) is 0.600. The molecule has 6 heteroatoms. The van der Waals surface area contributed by atoms with Crippen molar-refractivity contribution in [2.75, 3.05) is 13.1 Å². The van der Waals surface area contributed by atoms with Crippen LogP contribution in [0.1, 0.15) is 44.6 Å². The molecule has 2 amide bonds. The van der Waals surface area contributed by atoms with E-state index in [1.54, 1.807) is 6.07 Å². The zero-order chi connectivity index (χ0) is 18.5. The maximum Gasteiger partial charge on any atom is 0.237 e. The van der Waals surface area contributed by atoms with Crippen LogP contribution in [0.25, 0.3) is 0 Å². The molecule has 0 unspecified atom stereocenters. The highest BCUT2D eigenvalue weighted by atomic mass is 35.5. The van der Waals surface area contributed by atoms with Gasteiger partial charge in [-0.3, -0.25) is 14.5 Å². The van der Waals surface area contributed by atoms with Gasteiger partial charge in [0.25, 0.3) is 0 Å². The lowest BCUT2D eigenvalue weighted by Crippen LogP contribution is -2.47. The maximum absolute atomic E-state index is 12.5. The Morgan fingerprint density at radius 2 is 2.04 bits per heavy atom. The average Bonchev–Trinajstić information content (AvgIpc) is 3.24. The number of nitrogens with one attached hydrogen (secondary N) is 2. The molecule has 2 atom stereocenters. The van der Waals surface area contributed by atoms with E-state index < -0.39 is 0 Å². The van der Waals surface area contributed by atoms with E-state index in [0.29, 0.717) is 30.5 Å². The summed E-state index contributed by atoms with van der Waals surface area (Å²) in [4.78, 5) is 27.3. The summed E-state index contributed by atoms with van der Waals surface area (Å²) in [5.41, 5.74) is 0.904. The number of carbonyl (C=O) groups is 2. The predicted octanol–water partition coefficient (Wildman–Crippen LogP) is 2.52. The van der Waals surface area contributed by atoms with Crippen LogP contribution in [0.2, 0.25) is 5.02 Å². The molecular weight excluding hydrogens is 350 g/mol. The number of likely N-dealkylation sites (N-methyl/N-ethyl adjacent to an activating group) is 1. The molecule has 5 nitrogen and oxygen atoms in total. The highest BCUT2D eigenvalue weighted by molar-refractivity contribution is 6.30. The fourth-order valence-corrected chi connectivity index (χ4v) is 4.48. The molecule has 1 heterocycles. The Bertz CT molecular complexity index is 646. The number of carbonyl (C=O) groups excluding carboxylic acids is 2. The van der Waals surface area contributed by atoms with Gasteiger partial charge in [-0.25, -0.2) is 0 Å². The lowest BCUT2D eigenvalue weighted by Gasteiger charge is -2.29. The number of amides is 2. The minimum Gasteiger partial charge on any atom is -0.355 e. The first-order valence-electron chi connectivity index (χ1n) is 9.64. The van der Waals surface area contributed by atoms with Crippen molar-refractivity contribution in [3.63, 3.8) is 0 Å². The molecule has 1 aromatic carbocycles. The van der Waals surface area contributed by atoms with Gasteiger partial charge in [0.05, 0.1) is 12.5 Å². The van der Waals surface area contributed by atoms with Gasteiger partial charge in [-0.15, -0.1) is 0 Å². The third-order valence-electron chi connectivity index (χ3n) is 5.41. The Labute approximate surface area is 160 Å². The molecule has 3 rings (SSSR count). The van der Waals surface area contributed by atoms with Crippen molar-refractivity contribution in [1.82, 2.24) is 15.5 Å². The van der Waals surface area contributed by atoms with Crippen LogP contribution in [-0.4, -0.2) is 47.9 Å². The molecule has 1 saturated carbocycles. The second-order valence-corrected chi connectivity index (χ2v) is 7.79. The number of hydrogen-bond donors (Lipinski definition) is 2. The Morgan fingerprint density at radius 3 is 2.73 bits per heavy atom. The quantitative estimate of drug-likeness (QED) is 0.800. The number of rotatable bonds is 6. The van der Waals surface area contributed by atoms with E-state index in [9.17, 15) is 9.59 Å². The van der Waals surface area contributed by atoms with Gasteiger partial charge < -0.3 is 10.6 Å². The van der Waals surface area contributed by atoms with Crippen LogP contribution in [-0.2, 0) is 16.0 Å². The summed E-state index contributed by atoms with van der Waals surface area (Å²) in [5.74, 6) is 0.0752. The first-order chi connectivity index (χ1) is 12.6. The Balaban J connectivity index is 1.60. The number of hydrogen-bond acceptors (Lipinski definition) is 3. The topological polar surface area (TPSA) is 61.4 Å². The monoisotopic (exact) mass is 377 g/mol.